The molecule has 0 spiro atoms. The molecule has 0 unspecified atom stereocenters. The number of esters is 1. The van der Waals surface area contributed by atoms with Crippen LogP contribution in [-0.4, -0.2) is 22.1 Å². The minimum absolute atomic E-state index is 0.0605. The average Bonchev–Trinajstić information content (AvgIpc) is 2.81. The highest BCUT2D eigenvalue weighted by Crippen LogP contribution is 2.63. The first-order chi connectivity index (χ1) is 17.5. The standard InChI is InChI=1S/C33H43O3Si/c1-21(14-22-8-10-26(11-9-22)31(34)35-5)27-12-13-28(32(2,3)4)29(30(27)36-37(6)7)33-18-23-15-24(19-33)17-25(16-23)20-33/h8-14,23-25H,15-20H2,1-7H3/b21-14+. The number of hydrogen-bond acceptors (Lipinski definition) is 3. The normalized spacial score (nSPS) is 27.0. The van der Waals surface area contributed by atoms with E-state index >= 15 is 0 Å². The molecule has 197 valence electrons. The molecule has 0 aliphatic heterocycles. The molecule has 4 aliphatic carbocycles. The van der Waals surface area contributed by atoms with Gasteiger partial charge in [-0.1, -0.05) is 51.1 Å². The molecule has 4 heteroatoms. The number of carbonyl (C=O) groups is 1. The Morgan fingerprint density at radius 1 is 0.946 bits per heavy atom. The van der Waals surface area contributed by atoms with E-state index in [9.17, 15) is 4.79 Å². The van der Waals surface area contributed by atoms with Gasteiger partial charge in [-0.05, 0) is 111 Å². The minimum Gasteiger partial charge on any atom is -0.542 e. The number of methoxy groups -OCH3 is 1. The molecule has 4 fully saturated rings. The lowest BCUT2D eigenvalue weighted by atomic mass is 9.47. The van der Waals surface area contributed by atoms with Gasteiger partial charge in [-0.25, -0.2) is 4.79 Å². The number of rotatable bonds is 6. The van der Waals surface area contributed by atoms with Gasteiger partial charge in [0.15, 0.2) is 0 Å². The highest BCUT2D eigenvalue weighted by atomic mass is 28.3. The van der Waals surface area contributed by atoms with Crippen molar-refractivity contribution in [3.63, 3.8) is 0 Å². The summed E-state index contributed by atoms with van der Waals surface area (Å²) in [6.07, 6.45) is 10.5. The van der Waals surface area contributed by atoms with Crippen molar-refractivity contribution >= 4 is 26.7 Å². The molecule has 0 heterocycles. The summed E-state index contributed by atoms with van der Waals surface area (Å²) < 4.78 is 11.8. The Morgan fingerprint density at radius 3 is 2.00 bits per heavy atom. The lowest BCUT2D eigenvalue weighted by molar-refractivity contribution is -0.00659. The first-order valence-electron chi connectivity index (χ1n) is 14.0. The molecule has 0 amide bonds. The zero-order chi connectivity index (χ0) is 26.5. The SMILES string of the molecule is COC(=O)c1ccc(/C=C(\C)c2ccc(C(C)(C)C)c(C34CC5CC(CC(C5)C3)C4)c2O[Si](C)C)cc1. The summed E-state index contributed by atoms with van der Waals surface area (Å²) in [7, 11) is 0.454. The lowest BCUT2D eigenvalue weighted by Gasteiger charge is -2.58. The molecule has 6 rings (SSSR count). The van der Waals surface area contributed by atoms with Crippen molar-refractivity contribution in [3.8, 4) is 5.75 Å². The van der Waals surface area contributed by atoms with E-state index in [0.717, 1.165) is 29.1 Å². The smallest absolute Gasteiger partial charge is 0.337 e. The molecule has 1 radical (unpaired) electrons. The van der Waals surface area contributed by atoms with E-state index in [0.29, 0.717) is 5.56 Å². The number of carbonyl (C=O) groups excluding carboxylic acids is 1. The van der Waals surface area contributed by atoms with E-state index in [-0.39, 0.29) is 16.8 Å². The maximum Gasteiger partial charge on any atom is 0.337 e. The van der Waals surface area contributed by atoms with Gasteiger partial charge in [-0.3, -0.25) is 0 Å². The van der Waals surface area contributed by atoms with Crippen molar-refractivity contribution in [3.05, 3.63) is 64.2 Å². The van der Waals surface area contributed by atoms with E-state index < -0.39 is 9.04 Å². The molecule has 0 N–H and O–H groups in total. The van der Waals surface area contributed by atoms with Crippen LogP contribution in [0.15, 0.2) is 36.4 Å². The summed E-state index contributed by atoms with van der Waals surface area (Å²) in [5.41, 5.74) is 7.41. The van der Waals surface area contributed by atoms with Gasteiger partial charge in [-0.15, -0.1) is 0 Å². The summed E-state index contributed by atoms with van der Waals surface area (Å²) in [5.74, 6) is 3.50. The molecule has 2 aromatic carbocycles. The average molecular weight is 516 g/mol. The summed E-state index contributed by atoms with van der Waals surface area (Å²) in [6.45, 7) is 13.8. The van der Waals surface area contributed by atoms with Gasteiger partial charge in [0.2, 0.25) is 0 Å². The molecule has 3 nitrogen and oxygen atoms in total. The molecular formula is C33H43O3Si. The largest absolute Gasteiger partial charge is 0.542 e. The Bertz CT molecular complexity index is 1160. The fourth-order valence-corrected chi connectivity index (χ4v) is 8.55. The predicted molar refractivity (Wildman–Crippen MR) is 154 cm³/mol. The number of benzene rings is 2. The van der Waals surface area contributed by atoms with E-state index in [1.807, 2.05) is 24.3 Å². The molecule has 4 saturated carbocycles. The Morgan fingerprint density at radius 2 is 1.51 bits per heavy atom. The van der Waals surface area contributed by atoms with Crippen LogP contribution in [0.4, 0.5) is 0 Å². The van der Waals surface area contributed by atoms with Crippen LogP contribution in [0.25, 0.3) is 11.6 Å². The van der Waals surface area contributed by atoms with Gasteiger partial charge >= 0.3 is 5.97 Å². The lowest BCUT2D eigenvalue weighted by Crippen LogP contribution is -2.49. The van der Waals surface area contributed by atoms with Crippen LogP contribution in [0, 0.1) is 17.8 Å². The van der Waals surface area contributed by atoms with Gasteiger partial charge in [0, 0.05) is 16.5 Å². The summed E-state index contributed by atoms with van der Waals surface area (Å²) in [5, 5.41) is 0. The van der Waals surface area contributed by atoms with Crippen molar-refractivity contribution in [1.29, 1.82) is 0 Å². The van der Waals surface area contributed by atoms with Crippen LogP contribution in [0.1, 0.15) is 98.8 Å². The Hall–Kier alpha value is -2.33. The van der Waals surface area contributed by atoms with Gasteiger partial charge in [0.05, 0.1) is 12.7 Å². The second-order valence-electron chi connectivity index (χ2n) is 13.3. The van der Waals surface area contributed by atoms with Gasteiger partial charge < -0.3 is 9.16 Å². The third kappa shape index (κ3) is 5.06. The first-order valence-corrected chi connectivity index (χ1v) is 16.4. The summed E-state index contributed by atoms with van der Waals surface area (Å²) in [6, 6.07) is 12.4. The molecular weight excluding hydrogens is 472 g/mol. The van der Waals surface area contributed by atoms with Crippen LogP contribution in [0.2, 0.25) is 13.1 Å². The number of hydrogen-bond donors (Lipinski definition) is 0. The Kier molecular flexibility index (Phi) is 6.93. The van der Waals surface area contributed by atoms with E-state index in [1.54, 1.807) is 0 Å². The third-order valence-electron chi connectivity index (χ3n) is 8.98. The van der Waals surface area contributed by atoms with E-state index in [2.05, 4.69) is 59.0 Å². The first kappa shape index (κ1) is 26.3. The van der Waals surface area contributed by atoms with Crippen LogP contribution >= 0.6 is 0 Å². The van der Waals surface area contributed by atoms with Crippen LogP contribution in [-0.2, 0) is 15.6 Å². The van der Waals surface area contributed by atoms with Crippen molar-refractivity contribution in [2.24, 2.45) is 17.8 Å². The number of allylic oxidation sites excluding steroid dienone is 1. The van der Waals surface area contributed by atoms with Gasteiger partial charge in [0.25, 0.3) is 9.04 Å². The highest BCUT2D eigenvalue weighted by molar-refractivity contribution is 6.49. The van der Waals surface area contributed by atoms with Crippen LogP contribution < -0.4 is 4.43 Å². The molecule has 0 aromatic heterocycles. The second-order valence-corrected chi connectivity index (χ2v) is 15.3. The highest BCUT2D eigenvalue weighted by Gasteiger charge is 2.54. The Labute approximate surface area is 225 Å². The second kappa shape index (κ2) is 9.76. The summed E-state index contributed by atoms with van der Waals surface area (Å²) in [4.78, 5) is 11.9. The molecule has 4 aliphatic rings. The molecule has 37 heavy (non-hydrogen) atoms. The van der Waals surface area contributed by atoms with Crippen LogP contribution in [0.3, 0.4) is 0 Å². The van der Waals surface area contributed by atoms with Crippen molar-refractivity contribution in [2.45, 2.75) is 90.1 Å². The minimum atomic E-state index is -0.964. The maximum absolute atomic E-state index is 11.9. The number of ether oxygens (including phenoxy) is 1. The molecule has 0 saturated heterocycles. The maximum atomic E-state index is 11.9. The van der Waals surface area contributed by atoms with Crippen molar-refractivity contribution in [1.82, 2.24) is 0 Å². The zero-order valence-electron chi connectivity index (χ0n) is 23.7. The fourth-order valence-electron chi connectivity index (χ4n) is 7.93. The van der Waals surface area contributed by atoms with Gasteiger partial charge in [0.1, 0.15) is 5.75 Å². The third-order valence-corrected chi connectivity index (χ3v) is 9.59. The molecule has 2 aromatic rings. The van der Waals surface area contributed by atoms with Crippen LogP contribution in [0.5, 0.6) is 5.75 Å². The molecule has 4 bridgehead atoms. The van der Waals surface area contributed by atoms with Crippen molar-refractivity contribution < 1.29 is 14.0 Å². The topological polar surface area (TPSA) is 35.5 Å². The molecule has 0 atom stereocenters. The quantitative estimate of drug-likeness (QED) is 0.220. The van der Waals surface area contributed by atoms with Crippen molar-refractivity contribution in [2.75, 3.05) is 7.11 Å². The Balaban J connectivity index is 1.65. The van der Waals surface area contributed by atoms with E-state index in [1.165, 1.54) is 67.9 Å². The monoisotopic (exact) mass is 515 g/mol. The summed E-state index contributed by atoms with van der Waals surface area (Å²) >= 11 is 0. The van der Waals surface area contributed by atoms with E-state index in [4.69, 9.17) is 9.16 Å². The zero-order valence-corrected chi connectivity index (χ0v) is 24.7. The fraction of sp³-hybridized carbons (Fsp3) is 0.545. The van der Waals surface area contributed by atoms with Gasteiger partial charge in [-0.2, -0.15) is 0 Å². The predicted octanol–water partition coefficient (Wildman–Crippen LogP) is 8.43.